The van der Waals surface area contributed by atoms with Gasteiger partial charge in [-0.05, 0) is 37.7 Å². The highest BCUT2D eigenvalue weighted by Crippen LogP contribution is 2.22. The summed E-state index contributed by atoms with van der Waals surface area (Å²) in [5.74, 6) is 0.691. The summed E-state index contributed by atoms with van der Waals surface area (Å²) in [6.07, 6.45) is 4.51. The van der Waals surface area contributed by atoms with Gasteiger partial charge in [-0.1, -0.05) is 24.3 Å². The van der Waals surface area contributed by atoms with Crippen molar-refractivity contribution in [2.75, 3.05) is 13.6 Å². The first-order valence-corrected chi connectivity index (χ1v) is 7.81. The normalized spacial score (nSPS) is 11.1. The maximum atomic E-state index is 5.65. The molecule has 0 bridgehead atoms. The van der Waals surface area contributed by atoms with Crippen LogP contribution in [0.15, 0.2) is 59.3 Å². The molecule has 0 atom stereocenters. The van der Waals surface area contributed by atoms with Gasteiger partial charge in [-0.25, -0.2) is 4.98 Å². The minimum absolute atomic E-state index is 0.691. The molecule has 4 heteroatoms. The third kappa shape index (κ3) is 4.05. The van der Waals surface area contributed by atoms with Crippen molar-refractivity contribution in [3.63, 3.8) is 0 Å². The second-order valence-corrected chi connectivity index (χ2v) is 5.77. The average molecular weight is 307 g/mol. The number of hydrogen-bond donors (Lipinski definition) is 0. The molecule has 2 aromatic heterocycles. The van der Waals surface area contributed by atoms with Crippen molar-refractivity contribution in [3.8, 4) is 11.5 Å². The lowest BCUT2D eigenvalue weighted by atomic mass is 10.1. The molecule has 0 amide bonds. The molecule has 0 fully saturated rings. The fraction of sp³-hybridized carbons (Fsp3) is 0.263. The van der Waals surface area contributed by atoms with Crippen molar-refractivity contribution in [2.24, 2.45) is 0 Å². The quantitative estimate of drug-likeness (QED) is 0.696. The fourth-order valence-electron chi connectivity index (χ4n) is 2.52. The maximum absolute atomic E-state index is 5.65. The topological polar surface area (TPSA) is 42.2 Å². The van der Waals surface area contributed by atoms with Crippen LogP contribution in [0.5, 0.6) is 0 Å². The molecule has 0 aliphatic heterocycles. The Kier molecular flexibility index (Phi) is 4.83. The molecule has 0 unspecified atom stereocenters. The number of hydrogen-bond acceptors (Lipinski definition) is 4. The Labute approximate surface area is 136 Å². The van der Waals surface area contributed by atoms with Crippen molar-refractivity contribution in [2.45, 2.75) is 19.9 Å². The van der Waals surface area contributed by atoms with Crippen molar-refractivity contribution < 1.29 is 4.42 Å². The van der Waals surface area contributed by atoms with E-state index in [4.69, 9.17) is 4.42 Å². The Hall–Kier alpha value is -2.46. The number of benzene rings is 1. The second kappa shape index (κ2) is 7.20. The van der Waals surface area contributed by atoms with E-state index in [1.54, 1.807) is 6.26 Å². The summed E-state index contributed by atoms with van der Waals surface area (Å²) in [5, 5.41) is 0. The van der Waals surface area contributed by atoms with Crippen molar-refractivity contribution >= 4 is 0 Å². The van der Waals surface area contributed by atoms with Crippen LogP contribution in [0.3, 0.4) is 0 Å². The molecule has 118 valence electrons. The number of aryl methyl sites for hydroxylation is 1. The van der Waals surface area contributed by atoms with Crippen LogP contribution in [0.4, 0.5) is 0 Å². The second-order valence-electron chi connectivity index (χ2n) is 5.77. The molecule has 23 heavy (non-hydrogen) atoms. The van der Waals surface area contributed by atoms with Crippen LogP contribution < -0.4 is 0 Å². The number of nitrogens with zero attached hydrogens (tertiary/aromatic N) is 3. The molecule has 0 radical (unpaired) electrons. The molecule has 3 rings (SSSR count). The summed E-state index contributed by atoms with van der Waals surface area (Å²) in [4.78, 5) is 11.2. The van der Waals surface area contributed by atoms with E-state index in [9.17, 15) is 0 Å². The minimum Gasteiger partial charge on any atom is -0.444 e. The predicted molar refractivity (Wildman–Crippen MR) is 91.0 cm³/mol. The van der Waals surface area contributed by atoms with E-state index in [-0.39, 0.29) is 0 Å². The van der Waals surface area contributed by atoms with Crippen LogP contribution in [-0.2, 0) is 13.0 Å². The number of aromatic nitrogens is 2. The molecular weight excluding hydrogens is 286 g/mol. The van der Waals surface area contributed by atoms with Crippen LogP contribution in [-0.4, -0.2) is 28.5 Å². The van der Waals surface area contributed by atoms with Crippen LogP contribution in [0.2, 0.25) is 0 Å². The van der Waals surface area contributed by atoms with Crippen molar-refractivity contribution in [1.29, 1.82) is 0 Å². The minimum atomic E-state index is 0.691. The molecular formula is C19H21N3O. The van der Waals surface area contributed by atoms with Crippen molar-refractivity contribution in [1.82, 2.24) is 14.9 Å². The standard InChI is InChI=1S/C19H21N3O/c1-15-7-3-4-9-18(15)19-21-17(14-23-19)13-22(2)12-10-16-8-5-6-11-20-16/h3-9,11,14H,10,12-13H2,1-2H3. The first-order valence-electron chi connectivity index (χ1n) is 7.81. The van der Waals surface area contributed by atoms with E-state index in [1.807, 2.05) is 36.5 Å². The zero-order valence-electron chi connectivity index (χ0n) is 13.6. The van der Waals surface area contributed by atoms with Crippen LogP contribution in [0, 0.1) is 6.92 Å². The number of pyridine rings is 1. The van der Waals surface area contributed by atoms with E-state index in [0.717, 1.165) is 36.5 Å². The monoisotopic (exact) mass is 307 g/mol. The number of oxazole rings is 1. The number of likely N-dealkylation sites (N-methyl/N-ethyl adjacent to an activating group) is 1. The summed E-state index contributed by atoms with van der Waals surface area (Å²) in [6.45, 7) is 3.77. The predicted octanol–water partition coefficient (Wildman–Crippen LogP) is 3.72. The van der Waals surface area contributed by atoms with Crippen molar-refractivity contribution in [3.05, 3.63) is 71.9 Å². The lowest BCUT2D eigenvalue weighted by Gasteiger charge is -2.14. The van der Waals surface area contributed by atoms with Gasteiger partial charge < -0.3 is 9.32 Å². The third-order valence-corrected chi connectivity index (χ3v) is 3.83. The molecule has 2 heterocycles. The Bertz CT molecular complexity index is 752. The SMILES string of the molecule is Cc1ccccc1-c1nc(CN(C)CCc2ccccn2)co1. The summed E-state index contributed by atoms with van der Waals surface area (Å²) >= 11 is 0. The Balaban J connectivity index is 1.59. The maximum Gasteiger partial charge on any atom is 0.226 e. The molecule has 0 saturated heterocycles. The highest BCUT2D eigenvalue weighted by Gasteiger charge is 2.10. The highest BCUT2D eigenvalue weighted by atomic mass is 16.3. The van der Waals surface area contributed by atoms with Gasteiger partial charge in [0, 0.05) is 37.0 Å². The van der Waals surface area contributed by atoms with E-state index in [0.29, 0.717) is 5.89 Å². The average Bonchev–Trinajstić information content (AvgIpc) is 3.02. The first kappa shape index (κ1) is 15.4. The Morgan fingerprint density at radius 3 is 2.65 bits per heavy atom. The third-order valence-electron chi connectivity index (χ3n) is 3.83. The zero-order valence-corrected chi connectivity index (χ0v) is 13.6. The first-order chi connectivity index (χ1) is 11.2. The Morgan fingerprint density at radius 1 is 1.04 bits per heavy atom. The molecule has 4 nitrogen and oxygen atoms in total. The van der Waals surface area contributed by atoms with Gasteiger partial charge in [-0.3, -0.25) is 4.98 Å². The fourth-order valence-corrected chi connectivity index (χ4v) is 2.52. The highest BCUT2D eigenvalue weighted by molar-refractivity contribution is 5.58. The largest absolute Gasteiger partial charge is 0.444 e. The van der Waals surface area contributed by atoms with Gasteiger partial charge in [0.2, 0.25) is 5.89 Å². The lowest BCUT2D eigenvalue weighted by Crippen LogP contribution is -2.21. The van der Waals surface area contributed by atoms with Gasteiger partial charge in [-0.2, -0.15) is 0 Å². The smallest absolute Gasteiger partial charge is 0.226 e. The van der Waals surface area contributed by atoms with E-state index >= 15 is 0 Å². The lowest BCUT2D eigenvalue weighted by molar-refractivity contribution is 0.325. The molecule has 3 aromatic rings. The molecule has 0 N–H and O–H groups in total. The molecule has 0 aliphatic rings. The van der Waals surface area contributed by atoms with Gasteiger partial charge in [0.25, 0.3) is 0 Å². The summed E-state index contributed by atoms with van der Waals surface area (Å²) in [6, 6.07) is 14.2. The summed E-state index contributed by atoms with van der Waals surface area (Å²) in [5.41, 5.74) is 4.28. The van der Waals surface area contributed by atoms with Crippen LogP contribution >= 0.6 is 0 Å². The van der Waals surface area contributed by atoms with E-state index < -0.39 is 0 Å². The molecule has 0 aliphatic carbocycles. The molecule has 1 aromatic carbocycles. The molecule has 0 spiro atoms. The summed E-state index contributed by atoms with van der Waals surface area (Å²) in [7, 11) is 2.09. The molecule has 0 saturated carbocycles. The zero-order chi connectivity index (χ0) is 16.1. The van der Waals surface area contributed by atoms with Gasteiger partial charge in [0.05, 0.1) is 5.69 Å². The van der Waals surface area contributed by atoms with Crippen LogP contribution in [0.1, 0.15) is 17.0 Å². The van der Waals surface area contributed by atoms with Crippen LogP contribution in [0.25, 0.3) is 11.5 Å². The van der Waals surface area contributed by atoms with Gasteiger partial charge in [0.1, 0.15) is 6.26 Å². The number of rotatable bonds is 6. The summed E-state index contributed by atoms with van der Waals surface area (Å²) < 4.78 is 5.65. The van der Waals surface area contributed by atoms with E-state index in [2.05, 4.69) is 41.0 Å². The Morgan fingerprint density at radius 2 is 1.87 bits per heavy atom. The van der Waals surface area contributed by atoms with Gasteiger partial charge in [0.15, 0.2) is 0 Å². The van der Waals surface area contributed by atoms with Gasteiger partial charge >= 0.3 is 0 Å². The van der Waals surface area contributed by atoms with E-state index in [1.165, 1.54) is 5.56 Å². The van der Waals surface area contributed by atoms with Gasteiger partial charge in [-0.15, -0.1) is 0 Å².